The zero-order chi connectivity index (χ0) is 16.8. The molecular weight excluding hydrogens is 264 g/mol. The third-order valence-corrected chi connectivity index (χ3v) is 3.65. The normalized spacial score (nSPS) is 9.18. The van der Waals surface area contributed by atoms with E-state index in [4.69, 9.17) is 0 Å². The number of hydrogen-bond donors (Lipinski definition) is 0. The number of hydrogen-bond acceptors (Lipinski definition) is 0. The first-order valence-electron chi connectivity index (χ1n) is 8.89. The molecule has 0 aliphatic carbocycles. The van der Waals surface area contributed by atoms with Crippen LogP contribution in [0.5, 0.6) is 0 Å². The highest BCUT2D eigenvalue weighted by molar-refractivity contribution is 5.23. The summed E-state index contributed by atoms with van der Waals surface area (Å²) < 4.78 is 0. The van der Waals surface area contributed by atoms with Gasteiger partial charge in [-0.05, 0) is 47.9 Å². The lowest BCUT2D eigenvalue weighted by atomic mass is 10.1. The molecule has 0 radical (unpaired) electrons. The maximum atomic E-state index is 2.28. The van der Waals surface area contributed by atoms with Crippen LogP contribution in [0, 0.1) is 0 Å². The van der Waals surface area contributed by atoms with Crippen molar-refractivity contribution >= 4 is 0 Å². The van der Waals surface area contributed by atoms with Gasteiger partial charge in [0.2, 0.25) is 0 Å². The summed E-state index contributed by atoms with van der Waals surface area (Å²) in [5.74, 6) is 0. The molecule has 0 N–H and O–H groups in total. The van der Waals surface area contributed by atoms with Crippen LogP contribution < -0.4 is 0 Å². The first-order chi connectivity index (χ1) is 10.7. The quantitative estimate of drug-likeness (QED) is 0.593. The molecule has 0 atom stereocenters. The molecule has 0 nitrogen and oxygen atoms in total. The Balaban J connectivity index is 0.000000360. The van der Waals surface area contributed by atoms with E-state index in [1.807, 2.05) is 13.8 Å². The van der Waals surface area contributed by atoms with Crippen molar-refractivity contribution in [1.82, 2.24) is 0 Å². The topological polar surface area (TPSA) is 0 Å². The summed E-state index contributed by atoms with van der Waals surface area (Å²) in [6, 6.07) is 17.6. The molecule has 0 heteroatoms. The molecule has 0 saturated carbocycles. The van der Waals surface area contributed by atoms with E-state index < -0.39 is 0 Å². The lowest BCUT2D eigenvalue weighted by Gasteiger charge is -1.98. The van der Waals surface area contributed by atoms with Gasteiger partial charge in [0.1, 0.15) is 0 Å². The van der Waals surface area contributed by atoms with Crippen molar-refractivity contribution in [3.05, 3.63) is 70.8 Å². The molecule has 0 bridgehead atoms. The van der Waals surface area contributed by atoms with Crippen LogP contribution in [0.2, 0.25) is 0 Å². The molecule has 0 spiro atoms. The van der Waals surface area contributed by atoms with E-state index in [9.17, 15) is 0 Å². The Labute approximate surface area is 138 Å². The minimum absolute atomic E-state index is 1.14. The van der Waals surface area contributed by atoms with Crippen molar-refractivity contribution in [2.45, 2.75) is 67.2 Å². The summed E-state index contributed by atoms with van der Waals surface area (Å²) in [4.78, 5) is 0. The van der Waals surface area contributed by atoms with Gasteiger partial charge in [-0.3, -0.25) is 0 Å². The van der Waals surface area contributed by atoms with Crippen LogP contribution in [-0.2, 0) is 25.7 Å². The Morgan fingerprint density at radius 2 is 0.818 bits per heavy atom. The molecule has 0 aliphatic rings. The Bertz CT molecular complexity index is 437. The molecule has 0 aliphatic heterocycles. The second kappa shape index (κ2) is 13.1. The second-order valence-corrected chi connectivity index (χ2v) is 5.05. The van der Waals surface area contributed by atoms with E-state index in [2.05, 4.69) is 76.2 Å². The molecule has 2 aromatic rings. The van der Waals surface area contributed by atoms with Gasteiger partial charge in [-0.15, -0.1) is 0 Å². The fourth-order valence-corrected chi connectivity index (χ4v) is 2.08. The van der Waals surface area contributed by atoms with Gasteiger partial charge in [0.25, 0.3) is 0 Å². The molecule has 0 heterocycles. The van der Waals surface area contributed by atoms with Gasteiger partial charge < -0.3 is 0 Å². The lowest BCUT2D eigenvalue weighted by molar-refractivity contribution is 1.09. The molecule has 0 fully saturated rings. The number of rotatable bonds is 4. The van der Waals surface area contributed by atoms with Gasteiger partial charge in [-0.2, -0.15) is 0 Å². The minimum Gasteiger partial charge on any atom is -0.0683 e. The Morgan fingerprint density at radius 3 is 1.09 bits per heavy atom. The standard InChI is InChI=1S/2C10H14.C2H6/c1-3-9-5-7-10(4-2)8-6-9;1-3-9-6-5-7-10(4-2)8-9;1-2/h2*5-8H,3-4H2,1-2H3;1-2H3. The summed E-state index contributed by atoms with van der Waals surface area (Å²) in [5.41, 5.74) is 5.74. The molecule has 2 rings (SSSR count). The minimum atomic E-state index is 1.14. The molecule has 22 heavy (non-hydrogen) atoms. The second-order valence-electron chi connectivity index (χ2n) is 5.05. The van der Waals surface area contributed by atoms with E-state index in [0.717, 1.165) is 25.7 Å². The molecule has 0 unspecified atom stereocenters. The van der Waals surface area contributed by atoms with Crippen molar-refractivity contribution in [1.29, 1.82) is 0 Å². The van der Waals surface area contributed by atoms with Crippen LogP contribution in [0.3, 0.4) is 0 Å². The van der Waals surface area contributed by atoms with Crippen LogP contribution in [0.1, 0.15) is 63.8 Å². The van der Waals surface area contributed by atoms with E-state index in [-0.39, 0.29) is 0 Å². The van der Waals surface area contributed by atoms with Gasteiger partial charge in [0.15, 0.2) is 0 Å². The summed E-state index contributed by atoms with van der Waals surface area (Å²) >= 11 is 0. The van der Waals surface area contributed by atoms with Crippen LogP contribution >= 0.6 is 0 Å². The highest BCUT2D eigenvalue weighted by atomic mass is 14.0. The maximum Gasteiger partial charge on any atom is -0.0307 e. The lowest BCUT2D eigenvalue weighted by Crippen LogP contribution is -1.83. The third-order valence-electron chi connectivity index (χ3n) is 3.65. The van der Waals surface area contributed by atoms with E-state index in [0.29, 0.717) is 0 Å². The van der Waals surface area contributed by atoms with Crippen LogP contribution in [-0.4, -0.2) is 0 Å². The highest BCUT2D eigenvalue weighted by Crippen LogP contribution is 2.06. The van der Waals surface area contributed by atoms with E-state index in [1.165, 1.54) is 22.3 Å². The summed E-state index contributed by atoms with van der Waals surface area (Å²) in [6.07, 6.45) is 4.58. The zero-order valence-electron chi connectivity index (χ0n) is 15.4. The highest BCUT2D eigenvalue weighted by Gasteiger charge is 1.89. The monoisotopic (exact) mass is 298 g/mol. The maximum absolute atomic E-state index is 2.28. The van der Waals surface area contributed by atoms with Crippen LogP contribution in [0.25, 0.3) is 0 Å². The van der Waals surface area contributed by atoms with Gasteiger partial charge in [-0.1, -0.05) is 90.1 Å². The Hall–Kier alpha value is -1.56. The zero-order valence-corrected chi connectivity index (χ0v) is 15.4. The van der Waals surface area contributed by atoms with Crippen molar-refractivity contribution in [3.63, 3.8) is 0 Å². The van der Waals surface area contributed by atoms with Crippen molar-refractivity contribution in [3.8, 4) is 0 Å². The fraction of sp³-hybridized carbons (Fsp3) is 0.455. The molecule has 122 valence electrons. The molecule has 0 amide bonds. The molecular formula is C22H34. The van der Waals surface area contributed by atoms with Crippen LogP contribution in [0.4, 0.5) is 0 Å². The predicted octanol–water partition coefficient (Wildman–Crippen LogP) is 6.65. The predicted molar refractivity (Wildman–Crippen MR) is 102 cm³/mol. The Morgan fingerprint density at radius 1 is 0.500 bits per heavy atom. The molecule has 2 aromatic carbocycles. The largest absolute Gasteiger partial charge is 0.0683 e. The SMILES string of the molecule is CC.CCc1ccc(CC)cc1.CCc1cccc(CC)c1. The number of aryl methyl sites for hydroxylation is 4. The van der Waals surface area contributed by atoms with E-state index >= 15 is 0 Å². The average molecular weight is 299 g/mol. The van der Waals surface area contributed by atoms with Gasteiger partial charge in [0.05, 0.1) is 0 Å². The fourth-order valence-electron chi connectivity index (χ4n) is 2.08. The first kappa shape index (κ1) is 20.4. The smallest absolute Gasteiger partial charge is 0.0307 e. The third kappa shape index (κ3) is 8.02. The Kier molecular flexibility index (Phi) is 12.2. The van der Waals surface area contributed by atoms with Crippen LogP contribution in [0.15, 0.2) is 48.5 Å². The summed E-state index contributed by atoms with van der Waals surface area (Å²) in [6.45, 7) is 12.7. The van der Waals surface area contributed by atoms with Gasteiger partial charge in [0, 0.05) is 0 Å². The summed E-state index contributed by atoms with van der Waals surface area (Å²) in [7, 11) is 0. The molecule has 0 saturated heterocycles. The van der Waals surface area contributed by atoms with Gasteiger partial charge in [-0.25, -0.2) is 0 Å². The van der Waals surface area contributed by atoms with Crippen molar-refractivity contribution in [2.24, 2.45) is 0 Å². The number of benzene rings is 2. The summed E-state index contributed by atoms with van der Waals surface area (Å²) in [5, 5.41) is 0. The first-order valence-corrected chi connectivity index (χ1v) is 8.89. The van der Waals surface area contributed by atoms with Crippen molar-refractivity contribution < 1.29 is 0 Å². The molecule has 0 aromatic heterocycles. The van der Waals surface area contributed by atoms with Gasteiger partial charge >= 0.3 is 0 Å². The average Bonchev–Trinajstić information content (AvgIpc) is 2.64. The van der Waals surface area contributed by atoms with Crippen molar-refractivity contribution in [2.75, 3.05) is 0 Å². The van der Waals surface area contributed by atoms with E-state index in [1.54, 1.807) is 0 Å².